The minimum Gasteiger partial charge on any atom is -0.469 e. The van der Waals surface area contributed by atoms with Crippen LogP contribution in [0.1, 0.15) is 12.8 Å². The SMILES string of the molecule is Cn1nc(OC2CC(CN)C2)c(=O)n(C)c1=O. The van der Waals surface area contributed by atoms with E-state index in [1.165, 1.54) is 14.1 Å². The van der Waals surface area contributed by atoms with Crippen LogP contribution in [0.4, 0.5) is 0 Å². The predicted molar refractivity (Wildman–Crippen MR) is 60.9 cm³/mol. The second-order valence-corrected chi connectivity index (χ2v) is 4.39. The summed E-state index contributed by atoms with van der Waals surface area (Å²) in [5.74, 6) is 0.450. The van der Waals surface area contributed by atoms with Crippen LogP contribution in [0.2, 0.25) is 0 Å². The van der Waals surface area contributed by atoms with E-state index in [0.29, 0.717) is 12.5 Å². The molecule has 2 rings (SSSR count). The zero-order chi connectivity index (χ0) is 12.6. The monoisotopic (exact) mass is 240 g/mol. The fourth-order valence-electron chi connectivity index (χ4n) is 1.86. The lowest BCUT2D eigenvalue weighted by Crippen LogP contribution is -2.43. The summed E-state index contributed by atoms with van der Waals surface area (Å²) in [6.45, 7) is 0.637. The average molecular weight is 240 g/mol. The Morgan fingerprint density at radius 3 is 2.65 bits per heavy atom. The van der Waals surface area contributed by atoms with Gasteiger partial charge in [-0.05, 0) is 25.3 Å². The Labute approximate surface area is 97.8 Å². The largest absolute Gasteiger partial charge is 0.469 e. The maximum atomic E-state index is 11.7. The van der Waals surface area contributed by atoms with E-state index in [1.54, 1.807) is 0 Å². The number of nitrogens with zero attached hydrogens (tertiary/aromatic N) is 3. The number of hydrogen-bond acceptors (Lipinski definition) is 5. The molecule has 1 aliphatic carbocycles. The van der Waals surface area contributed by atoms with Crippen molar-refractivity contribution in [3.63, 3.8) is 0 Å². The summed E-state index contributed by atoms with van der Waals surface area (Å²) in [7, 11) is 2.89. The van der Waals surface area contributed by atoms with E-state index < -0.39 is 11.2 Å². The Balaban J connectivity index is 2.18. The zero-order valence-electron chi connectivity index (χ0n) is 9.92. The highest BCUT2D eigenvalue weighted by Crippen LogP contribution is 2.28. The molecule has 1 aromatic rings. The molecular formula is C10H16N4O3. The molecule has 1 saturated carbocycles. The Morgan fingerprint density at radius 1 is 1.41 bits per heavy atom. The number of aryl methyl sites for hydroxylation is 1. The van der Waals surface area contributed by atoms with Crippen molar-refractivity contribution in [1.29, 1.82) is 0 Å². The number of nitrogens with two attached hydrogens (primary N) is 1. The summed E-state index contributed by atoms with van der Waals surface area (Å²) >= 11 is 0. The van der Waals surface area contributed by atoms with Crippen molar-refractivity contribution in [3.8, 4) is 5.88 Å². The van der Waals surface area contributed by atoms with E-state index in [9.17, 15) is 9.59 Å². The van der Waals surface area contributed by atoms with Crippen LogP contribution in [-0.2, 0) is 14.1 Å². The van der Waals surface area contributed by atoms with Crippen molar-refractivity contribution < 1.29 is 4.74 Å². The lowest BCUT2D eigenvalue weighted by Gasteiger charge is -2.33. The smallest absolute Gasteiger partial charge is 0.347 e. The number of ether oxygens (including phenoxy) is 1. The highest BCUT2D eigenvalue weighted by molar-refractivity contribution is 5.03. The first kappa shape index (κ1) is 11.8. The van der Waals surface area contributed by atoms with Crippen molar-refractivity contribution in [3.05, 3.63) is 20.8 Å². The van der Waals surface area contributed by atoms with Gasteiger partial charge in [0.15, 0.2) is 0 Å². The zero-order valence-corrected chi connectivity index (χ0v) is 9.92. The Kier molecular flexibility index (Phi) is 3.01. The molecule has 1 heterocycles. The first-order chi connectivity index (χ1) is 8.02. The molecule has 0 radical (unpaired) electrons. The van der Waals surface area contributed by atoms with Crippen LogP contribution in [0.5, 0.6) is 5.88 Å². The third kappa shape index (κ3) is 2.10. The lowest BCUT2D eigenvalue weighted by molar-refractivity contribution is 0.0605. The third-order valence-corrected chi connectivity index (χ3v) is 3.10. The van der Waals surface area contributed by atoms with Crippen LogP contribution in [0.15, 0.2) is 9.59 Å². The number of rotatable bonds is 3. The maximum absolute atomic E-state index is 11.7. The third-order valence-electron chi connectivity index (χ3n) is 3.10. The van der Waals surface area contributed by atoms with Gasteiger partial charge in [-0.3, -0.25) is 9.36 Å². The van der Waals surface area contributed by atoms with Gasteiger partial charge in [-0.25, -0.2) is 9.48 Å². The quantitative estimate of drug-likeness (QED) is 0.701. The van der Waals surface area contributed by atoms with Crippen LogP contribution in [0, 0.1) is 5.92 Å². The van der Waals surface area contributed by atoms with Crippen LogP contribution >= 0.6 is 0 Å². The molecule has 2 N–H and O–H groups in total. The minimum absolute atomic E-state index is 0.0127. The molecule has 0 aromatic carbocycles. The second kappa shape index (κ2) is 4.33. The van der Waals surface area contributed by atoms with E-state index in [-0.39, 0.29) is 12.0 Å². The van der Waals surface area contributed by atoms with Gasteiger partial charge in [0.05, 0.1) is 0 Å². The Bertz CT molecular complexity index is 527. The van der Waals surface area contributed by atoms with Crippen molar-refractivity contribution >= 4 is 0 Å². The summed E-state index contributed by atoms with van der Waals surface area (Å²) in [5.41, 5.74) is 4.55. The first-order valence-electron chi connectivity index (χ1n) is 5.54. The molecule has 1 aromatic heterocycles. The molecule has 1 fully saturated rings. The van der Waals surface area contributed by atoms with Gasteiger partial charge < -0.3 is 10.5 Å². The summed E-state index contributed by atoms with van der Waals surface area (Å²) < 4.78 is 7.55. The molecule has 1 aliphatic rings. The van der Waals surface area contributed by atoms with Gasteiger partial charge in [0.1, 0.15) is 6.10 Å². The van der Waals surface area contributed by atoms with Crippen molar-refractivity contribution in [2.24, 2.45) is 25.7 Å². The highest BCUT2D eigenvalue weighted by Gasteiger charge is 2.31. The van der Waals surface area contributed by atoms with Crippen LogP contribution < -0.4 is 21.7 Å². The maximum Gasteiger partial charge on any atom is 0.347 e. The van der Waals surface area contributed by atoms with Crippen LogP contribution in [0.25, 0.3) is 0 Å². The minimum atomic E-state index is -0.496. The first-order valence-corrected chi connectivity index (χ1v) is 5.54. The molecule has 0 unspecified atom stereocenters. The molecule has 7 heteroatoms. The predicted octanol–water partition coefficient (Wildman–Crippen LogP) is -1.40. The summed E-state index contributed by atoms with van der Waals surface area (Å²) in [6, 6.07) is 0. The lowest BCUT2D eigenvalue weighted by atomic mass is 9.82. The van der Waals surface area contributed by atoms with E-state index in [4.69, 9.17) is 10.5 Å². The van der Waals surface area contributed by atoms with Gasteiger partial charge in [-0.2, -0.15) is 0 Å². The van der Waals surface area contributed by atoms with Gasteiger partial charge >= 0.3 is 11.2 Å². The number of hydrogen-bond donors (Lipinski definition) is 1. The molecule has 0 bridgehead atoms. The fraction of sp³-hybridized carbons (Fsp3) is 0.700. The summed E-state index contributed by atoms with van der Waals surface area (Å²) in [4.78, 5) is 23.1. The molecular weight excluding hydrogens is 224 g/mol. The standard InChI is InChI=1S/C10H16N4O3/c1-13-9(15)8(12-14(2)10(13)16)17-7-3-6(4-7)5-11/h6-7H,3-5,11H2,1-2H3. The van der Waals surface area contributed by atoms with Crippen molar-refractivity contribution in [2.45, 2.75) is 18.9 Å². The van der Waals surface area contributed by atoms with Gasteiger partial charge in [0.25, 0.3) is 5.88 Å². The molecule has 0 spiro atoms. The second-order valence-electron chi connectivity index (χ2n) is 4.39. The van der Waals surface area contributed by atoms with Gasteiger partial charge in [0, 0.05) is 14.1 Å². The summed E-state index contributed by atoms with van der Waals surface area (Å²) in [6.07, 6.45) is 1.66. The molecule has 17 heavy (non-hydrogen) atoms. The number of aromatic nitrogens is 3. The van der Waals surface area contributed by atoms with Gasteiger partial charge in [0.2, 0.25) is 0 Å². The van der Waals surface area contributed by atoms with Crippen LogP contribution in [0.3, 0.4) is 0 Å². The molecule has 0 amide bonds. The van der Waals surface area contributed by atoms with Crippen molar-refractivity contribution in [1.82, 2.24) is 14.3 Å². The van der Waals surface area contributed by atoms with Crippen LogP contribution in [-0.4, -0.2) is 27.0 Å². The molecule has 0 saturated heterocycles. The Morgan fingerprint density at radius 2 is 2.06 bits per heavy atom. The van der Waals surface area contributed by atoms with E-state index in [1.807, 2.05) is 0 Å². The van der Waals surface area contributed by atoms with Gasteiger partial charge in [-0.1, -0.05) is 0 Å². The van der Waals surface area contributed by atoms with E-state index >= 15 is 0 Å². The van der Waals surface area contributed by atoms with E-state index in [2.05, 4.69) is 5.10 Å². The fourth-order valence-corrected chi connectivity index (χ4v) is 1.86. The van der Waals surface area contributed by atoms with E-state index in [0.717, 1.165) is 22.1 Å². The van der Waals surface area contributed by atoms with Gasteiger partial charge in [-0.15, -0.1) is 5.10 Å². The highest BCUT2D eigenvalue weighted by atomic mass is 16.5. The average Bonchev–Trinajstić information content (AvgIpc) is 2.26. The summed E-state index contributed by atoms with van der Waals surface area (Å²) in [5, 5.41) is 3.82. The topological polar surface area (TPSA) is 92.1 Å². The molecule has 0 aliphatic heterocycles. The molecule has 7 nitrogen and oxygen atoms in total. The normalized spacial score (nSPS) is 23.2. The van der Waals surface area contributed by atoms with Crippen molar-refractivity contribution in [2.75, 3.05) is 6.54 Å². The molecule has 94 valence electrons. The molecule has 0 atom stereocenters. The Hall–Kier alpha value is -1.63.